The zero-order valence-electron chi connectivity index (χ0n) is 25.7. The molecule has 42 heavy (non-hydrogen) atoms. The SMILES string of the molecule is CC/C=C\C/C=C\C/C=C\C/C=C\C/C=C\CCCC(=O)OC(C)OC(=O)NC(C)C(C)COC(=O)c1ccccc1. The summed E-state index contributed by atoms with van der Waals surface area (Å²) in [5.41, 5.74) is 0.471. The van der Waals surface area contributed by atoms with Gasteiger partial charge >= 0.3 is 18.0 Å². The third kappa shape index (κ3) is 19.2. The highest BCUT2D eigenvalue weighted by Gasteiger charge is 2.20. The van der Waals surface area contributed by atoms with E-state index in [1.54, 1.807) is 31.2 Å². The first-order valence-corrected chi connectivity index (χ1v) is 15.0. The number of nitrogens with one attached hydrogen (secondary N) is 1. The molecule has 0 bridgehead atoms. The summed E-state index contributed by atoms with van der Waals surface area (Å²) in [7, 11) is 0. The molecule has 0 spiro atoms. The van der Waals surface area contributed by atoms with Crippen molar-refractivity contribution in [2.24, 2.45) is 5.92 Å². The number of alkyl carbamates (subject to hydrolysis) is 1. The third-order valence-corrected chi connectivity index (χ3v) is 6.17. The molecular formula is C35H49NO6. The van der Waals surface area contributed by atoms with Crippen molar-refractivity contribution in [3.63, 3.8) is 0 Å². The summed E-state index contributed by atoms with van der Waals surface area (Å²) in [6.07, 6.45) is 26.2. The second-order valence-electron chi connectivity index (χ2n) is 9.94. The van der Waals surface area contributed by atoms with Gasteiger partial charge in [-0.3, -0.25) is 4.79 Å². The molecule has 3 atom stereocenters. The van der Waals surface area contributed by atoms with Crippen molar-refractivity contribution in [3.05, 3.63) is 96.7 Å². The Bertz CT molecular complexity index is 1040. The van der Waals surface area contributed by atoms with Crippen molar-refractivity contribution in [1.29, 1.82) is 0 Å². The Morgan fingerprint density at radius 3 is 1.88 bits per heavy atom. The van der Waals surface area contributed by atoms with Crippen molar-refractivity contribution in [1.82, 2.24) is 5.32 Å². The van der Waals surface area contributed by atoms with Gasteiger partial charge in [0.25, 0.3) is 0 Å². The van der Waals surface area contributed by atoms with E-state index in [0.717, 1.165) is 38.5 Å². The number of carbonyl (C=O) groups excluding carboxylic acids is 3. The molecule has 1 rings (SSSR count). The molecule has 7 heteroatoms. The first-order valence-electron chi connectivity index (χ1n) is 15.0. The van der Waals surface area contributed by atoms with Gasteiger partial charge in [-0.15, -0.1) is 0 Å². The molecule has 0 heterocycles. The zero-order valence-corrected chi connectivity index (χ0v) is 25.7. The summed E-state index contributed by atoms with van der Waals surface area (Å²) < 4.78 is 15.6. The lowest BCUT2D eigenvalue weighted by molar-refractivity contribution is -0.165. The fraction of sp³-hybridized carbons (Fsp3) is 0.457. The second kappa shape index (κ2) is 23.8. The van der Waals surface area contributed by atoms with E-state index >= 15 is 0 Å². The van der Waals surface area contributed by atoms with Crippen LogP contribution >= 0.6 is 0 Å². The highest BCUT2D eigenvalue weighted by Crippen LogP contribution is 2.09. The quantitative estimate of drug-likeness (QED) is 0.0722. The lowest BCUT2D eigenvalue weighted by Crippen LogP contribution is -2.40. The monoisotopic (exact) mass is 579 g/mol. The van der Waals surface area contributed by atoms with Gasteiger partial charge in [0.15, 0.2) is 0 Å². The topological polar surface area (TPSA) is 90.9 Å². The number of carbonyl (C=O) groups is 3. The van der Waals surface area contributed by atoms with Gasteiger partial charge in [-0.25, -0.2) is 9.59 Å². The van der Waals surface area contributed by atoms with Crippen molar-refractivity contribution in [2.75, 3.05) is 6.61 Å². The van der Waals surface area contributed by atoms with E-state index in [1.165, 1.54) is 6.92 Å². The predicted molar refractivity (Wildman–Crippen MR) is 169 cm³/mol. The minimum atomic E-state index is -1.01. The number of benzene rings is 1. The van der Waals surface area contributed by atoms with Crippen LogP contribution in [-0.4, -0.2) is 37.0 Å². The van der Waals surface area contributed by atoms with E-state index in [4.69, 9.17) is 14.2 Å². The summed E-state index contributed by atoms with van der Waals surface area (Å²) in [6, 6.07) is 8.38. The van der Waals surface area contributed by atoms with E-state index < -0.39 is 24.3 Å². The van der Waals surface area contributed by atoms with Crippen molar-refractivity contribution in [3.8, 4) is 0 Å². The maximum absolute atomic E-state index is 12.2. The number of esters is 2. The van der Waals surface area contributed by atoms with Gasteiger partial charge in [-0.05, 0) is 64.0 Å². The van der Waals surface area contributed by atoms with E-state index in [0.29, 0.717) is 12.0 Å². The number of allylic oxidation sites excluding steroid dienone is 10. The van der Waals surface area contributed by atoms with Crippen molar-refractivity contribution >= 4 is 18.0 Å². The lowest BCUT2D eigenvalue weighted by Gasteiger charge is -2.22. The maximum atomic E-state index is 12.2. The molecule has 1 amide bonds. The minimum Gasteiger partial charge on any atom is -0.462 e. The molecule has 0 saturated heterocycles. The van der Waals surface area contributed by atoms with Crippen LogP contribution in [0.4, 0.5) is 4.79 Å². The number of ether oxygens (including phenoxy) is 3. The summed E-state index contributed by atoms with van der Waals surface area (Å²) in [5, 5.41) is 2.68. The Morgan fingerprint density at radius 2 is 1.31 bits per heavy atom. The lowest BCUT2D eigenvalue weighted by atomic mass is 10.1. The van der Waals surface area contributed by atoms with Gasteiger partial charge in [0.2, 0.25) is 6.29 Å². The summed E-state index contributed by atoms with van der Waals surface area (Å²) in [5.74, 6) is -0.991. The van der Waals surface area contributed by atoms with E-state index in [9.17, 15) is 14.4 Å². The molecule has 1 aromatic rings. The largest absolute Gasteiger partial charge is 0.462 e. The predicted octanol–water partition coefficient (Wildman–Crippen LogP) is 8.41. The number of amides is 1. The minimum absolute atomic E-state index is 0.137. The van der Waals surface area contributed by atoms with Gasteiger partial charge in [0, 0.05) is 25.3 Å². The van der Waals surface area contributed by atoms with Crippen LogP contribution < -0.4 is 5.32 Å². The Kier molecular flexibility index (Phi) is 20.5. The standard InChI is InChI=1S/C35H49NO6/c1-5-6-7-8-9-10-11-12-13-14-15-16-17-18-19-20-24-27-33(37)41-31(4)42-35(39)36-30(3)29(2)28-40-34(38)32-25-22-21-23-26-32/h6-7,9-10,12-13,15-16,18-19,21-23,25-26,29-31H,5,8,11,14,17,20,24,27-28H2,1-4H3,(H,36,39)/b7-6-,10-9-,13-12-,16-15-,19-18-. The molecule has 3 unspecified atom stereocenters. The Balaban J connectivity index is 2.11. The van der Waals surface area contributed by atoms with Crippen LogP contribution in [0.5, 0.6) is 0 Å². The van der Waals surface area contributed by atoms with Crippen molar-refractivity contribution < 1.29 is 28.6 Å². The van der Waals surface area contributed by atoms with Gasteiger partial charge in [0.05, 0.1) is 12.2 Å². The van der Waals surface area contributed by atoms with E-state index in [1.807, 2.05) is 13.0 Å². The van der Waals surface area contributed by atoms with Gasteiger partial charge in [-0.1, -0.05) is 92.8 Å². The molecule has 230 valence electrons. The van der Waals surface area contributed by atoms with Crippen LogP contribution in [0.3, 0.4) is 0 Å². The molecular weight excluding hydrogens is 530 g/mol. The molecule has 0 fully saturated rings. The number of unbranched alkanes of at least 4 members (excludes halogenated alkanes) is 1. The molecule has 0 radical (unpaired) electrons. The van der Waals surface area contributed by atoms with Crippen LogP contribution in [0.25, 0.3) is 0 Å². The average Bonchev–Trinajstić information content (AvgIpc) is 2.97. The smallest absolute Gasteiger partial charge is 0.410 e. The highest BCUT2D eigenvalue weighted by atomic mass is 16.7. The summed E-state index contributed by atoms with van der Waals surface area (Å²) in [6.45, 7) is 7.41. The van der Waals surface area contributed by atoms with E-state index in [2.05, 4.69) is 73.0 Å². The zero-order chi connectivity index (χ0) is 30.8. The van der Waals surface area contributed by atoms with Gasteiger partial charge in [0.1, 0.15) is 0 Å². The molecule has 0 aliphatic heterocycles. The van der Waals surface area contributed by atoms with Crippen molar-refractivity contribution in [2.45, 2.75) is 91.4 Å². The first-order chi connectivity index (χ1) is 20.3. The van der Waals surface area contributed by atoms with Crippen LogP contribution in [0, 0.1) is 5.92 Å². The Labute approximate surface area is 252 Å². The fourth-order valence-electron chi connectivity index (χ4n) is 3.52. The van der Waals surface area contributed by atoms with Gasteiger partial charge < -0.3 is 19.5 Å². The molecule has 0 aliphatic carbocycles. The normalized spacial score (nSPS) is 14.1. The van der Waals surface area contributed by atoms with Crippen LogP contribution in [-0.2, 0) is 19.0 Å². The fourth-order valence-corrected chi connectivity index (χ4v) is 3.52. The number of rotatable bonds is 20. The molecule has 1 aromatic carbocycles. The van der Waals surface area contributed by atoms with Crippen LogP contribution in [0.2, 0.25) is 0 Å². The number of hydrogen-bond donors (Lipinski definition) is 1. The molecule has 1 N–H and O–H groups in total. The number of hydrogen-bond acceptors (Lipinski definition) is 6. The second-order valence-corrected chi connectivity index (χ2v) is 9.94. The van der Waals surface area contributed by atoms with E-state index in [-0.39, 0.29) is 25.0 Å². The molecule has 0 aromatic heterocycles. The third-order valence-electron chi connectivity index (χ3n) is 6.17. The summed E-state index contributed by atoms with van der Waals surface area (Å²) in [4.78, 5) is 36.3. The maximum Gasteiger partial charge on any atom is 0.410 e. The van der Waals surface area contributed by atoms with Gasteiger partial charge in [-0.2, -0.15) is 0 Å². The van der Waals surface area contributed by atoms with Crippen LogP contribution in [0.1, 0.15) is 89.4 Å². The first kappa shape index (κ1) is 36.2. The average molecular weight is 580 g/mol. The summed E-state index contributed by atoms with van der Waals surface area (Å²) >= 11 is 0. The Morgan fingerprint density at radius 1 is 0.762 bits per heavy atom. The Hall–Kier alpha value is -3.87. The van der Waals surface area contributed by atoms with Crippen LogP contribution in [0.15, 0.2) is 91.1 Å². The molecule has 7 nitrogen and oxygen atoms in total. The molecule has 0 aliphatic rings. The highest BCUT2D eigenvalue weighted by molar-refractivity contribution is 5.89. The molecule has 0 saturated carbocycles.